The van der Waals surface area contributed by atoms with Gasteiger partial charge >= 0.3 is 0 Å². The normalized spacial score (nSPS) is 11.9. The molecule has 0 radical (unpaired) electrons. The minimum Gasteiger partial charge on any atom is -0.484 e. The van der Waals surface area contributed by atoms with Gasteiger partial charge in [-0.25, -0.2) is 5.43 Å². The number of ether oxygens (including phenoxy) is 1. The first-order chi connectivity index (χ1) is 13.6. The van der Waals surface area contributed by atoms with Gasteiger partial charge in [0.15, 0.2) is 11.8 Å². The summed E-state index contributed by atoms with van der Waals surface area (Å²) < 4.78 is 5.52. The molecule has 3 aromatic rings. The number of carbonyl (C=O) groups is 1. The first kappa shape index (κ1) is 19.4. The quantitative estimate of drug-likeness (QED) is 0.461. The molecule has 0 spiro atoms. The van der Waals surface area contributed by atoms with Crippen molar-refractivity contribution in [2.24, 2.45) is 10.2 Å². The summed E-state index contributed by atoms with van der Waals surface area (Å²) in [7, 11) is 0. The maximum atomic E-state index is 11.9. The van der Waals surface area contributed by atoms with Crippen LogP contribution in [-0.2, 0) is 4.79 Å². The second kappa shape index (κ2) is 9.53. The van der Waals surface area contributed by atoms with Crippen LogP contribution in [0.5, 0.6) is 5.75 Å². The molecule has 3 aromatic carbocycles. The molecule has 0 aliphatic carbocycles. The topological polar surface area (TPSA) is 75.1 Å². The highest BCUT2D eigenvalue weighted by molar-refractivity contribution is 6.83. The van der Waals surface area contributed by atoms with Crippen molar-refractivity contribution in [3.05, 3.63) is 72.8 Å². The fourth-order valence-electron chi connectivity index (χ4n) is 2.34. The summed E-state index contributed by atoms with van der Waals surface area (Å²) in [5, 5.41) is 10.2. The molecule has 0 heterocycles. The van der Waals surface area contributed by atoms with E-state index in [1.165, 1.54) is 0 Å². The van der Waals surface area contributed by atoms with Gasteiger partial charge in [-0.15, -0.1) is 0 Å². The zero-order valence-corrected chi connectivity index (χ0v) is 16.0. The lowest BCUT2D eigenvalue weighted by Gasteiger charge is -2.07. The molecular formula is C21H19ClN4O2. The molecular weight excluding hydrogens is 376 g/mol. The molecule has 28 heavy (non-hydrogen) atoms. The number of hydrogen-bond acceptors (Lipinski definition) is 5. The van der Waals surface area contributed by atoms with E-state index in [2.05, 4.69) is 21.1 Å². The van der Waals surface area contributed by atoms with E-state index in [0.717, 1.165) is 16.5 Å². The van der Waals surface area contributed by atoms with Gasteiger partial charge in [0.05, 0.1) is 11.4 Å². The number of rotatable bonds is 7. The molecule has 6 nitrogen and oxygen atoms in total. The van der Waals surface area contributed by atoms with Gasteiger partial charge in [0, 0.05) is 0 Å². The van der Waals surface area contributed by atoms with Crippen molar-refractivity contribution in [2.45, 2.75) is 6.92 Å². The highest BCUT2D eigenvalue weighted by atomic mass is 35.5. The molecule has 7 heteroatoms. The Labute approximate surface area is 167 Å². The predicted octanol–water partition coefficient (Wildman–Crippen LogP) is 4.38. The van der Waals surface area contributed by atoms with Crippen LogP contribution in [0, 0.1) is 0 Å². The van der Waals surface area contributed by atoms with E-state index in [4.69, 9.17) is 16.3 Å². The first-order valence-electron chi connectivity index (χ1n) is 8.61. The molecule has 0 bridgehead atoms. The molecule has 0 atom stereocenters. The number of nitrogens with one attached hydrogen (secondary N) is 2. The molecule has 0 fully saturated rings. The maximum absolute atomic E-state index is 11.9. The fourth-order valence-corrected chi connectivity index (χ4v) is 2.42. The van der Waals surface area contributed by atoms with E-state index in [0.29, 0.717) is 11.5 Å². The fraction of sp³-hybridized carbons (Fsp3) is 0.0952. The number of nitrogens with zero attached hydrogens (tertiary/aromatic N) is 2. The lowest BCUT2D eigenvalue weighted by Crippen LogP contribution is -2.26. The van der Waals surface area contributed by atoms with Gasteiger partial charge < -0.3 is 4.74 Å². The Morgan fingerprint density at radius 2 is 1.68 bits per heavy atom. The smallest absolute Gasteiger partial charge is 0.277 e. The Morgan fingerprint density at radius 1 is 0.964 bits per heavy atom. The lowest BCUT2D eigenvalue weighted by molar-refractivity contribution is -0.123. The van der Waals surface area contributed by atoms with Crippen LogP contribution >= 0.6 is 11.6 Å². The first-order valence-corrected chi connectivity index (χ1v) is 8.99. The number of para-hydroxylation sites is 1. The third-order valence-corrected chi connectivity index (χ3v) is 4.15. The zero-order valence-electron chi connectivity index (χ0n) is 15.2. The Hall–Kier alpha value is -3.38. The van der Waals surface area contributed by atoms with E-state index in [-0.39, 0.29) is 11.8 Å². The molecule has 0 aromatic heterocycles. The monoisotopic (exact) mass is 394 g/mol. The van der Waals surface area contributed by atoms with Crippen LogP contribution in [0.2, 0.25) is 0 Å². The van der Waals surface area contributed by atoms with E-state index in [1.807, 2.05) is 72.8 Å². The van der Waals surface area contributed by atoms with Crippen molar-refractivity contribution in [2.75, 3.05) is 12.0 Å². The van der Waals surface area contributed by atoms with Gasteiger partial charge in [-0.1, -0.05) is 60.1 Å². The summed E-state index contributed by atoms with van der Waals surface area (Å²) in [6, 6.07) is 22.9. The van der Waals surface area contributed by atoms with E-state index in [1.54, 1.807) is 6.92 Å². The minimum absolute atomic E-state index is 0.139. The molecule has 0 aliphatic rings. The van der Waals surface area contributed by atoms with Crippen LogP contribution in [-0.4, -0.2) is 23.4 Å². The number of halogens is 1. The van der Waals surface area contributed by atoms with Crippen molar-refractivity contribution in [1.82, 2.24) is 5.43 Å². The van der Waals surface area contributed by atoms with E-state index in [9.17, 15) is 4.79 Å². The summed E-state index contributed by atoms with van der Waals surface area (Å²) in [6.45, 7) is 1.48. The van der Waals surface area contributed by atoms with Crippen LogP contribution < -0.4 is 15.6 Å². The molecule has 0 saturated carbocycles. The predicted molar refractivity (Wildman–Crippen MR) is 114 cm³/mol. The number of carbonyl (C=O) groups excluding carboxylic acids is 1. The van der Waals surface area contributed by atoms with Gasteiger partial charge in [-0.2, -0.15) is 10.2 Å². The van der Waals surface area contributed by atoms with Crippen LogP contribution in [0.15, 0.2) is 83.0 Å². The minimum atomic E-state index is -0.395. The number of benzene rings is 3. The Bertz CT molecular complexity index is 1020. The van der Waals surface area contributed by atoms with Gasteiger partial charge in [-0.3, -0.25) is 10.2 Å². The van der Waals surface area contributed by atoms with Gasteiger partial charge in [0.2, 0.25) is 0 Å². The van der Waals surface area contributed by atoms with Gasteiger partial charge in [0.1, 0.15) is 5.75 Å². The van der Waals surface area contributed by atoms with Gasteiger partial charge in [0.25, 0.3) is 5.91 Å². The number of fused-ring (bicyclic) bond motifs is 1. The molecule has 142 valence electrons. The Balaban J connectivity index is 1.50. The van der Waals surface area contributed by atoms with Crippen molar-refractivity contribution < 1.29 is 9.53 Å². The van der Waals surface area contributed by atoms with Crippen molar-refractivity contribution in [3.63, 3.8) is 0 Å². The standard InChI is InChI=1S/C21H19ClN4O2/c1-15(21(22)26-24-18-9-3-2-4-10-18)23-25-20(27)14-28-19-12-11-16-7-5-6-8-17(16)13-19/h2-13,24H,14H2,1H3,(H,25,27)/b23-15-,26-21-. The van der Waals surface area contributed by atoms with Crippen molar-refractivity contribution in [3.8, 4) is 5.75 Å². The highest BCUT2D eigenvalue weighted by Gasteiger charge is 2.05. The number of hydrazone groups is 2. The van der Waals surface area contributed by atoms with Crippen LogP contribution in [0.25, 0.3) is 10.8 Å². The summed E-state index contributed by atoms with van der Waals surface area (Å²) in [5.41, 5.74) is 6.37. The number of anilines is 1. The molecule has 3 rings (SSSR count). The van der Waals surface area contributed by atoms with Crippen LogP contribution in [0.3, 0.4) is 0 Å². The maximum Gasteiger partial charge on any atom is 0.277 e. The molecule has 1 amide bonds. The Morgan fingerprint density at radius 3 is 2.46 bits per heavy atom. The largest absolute Gasteiger partial charge is 0.484 e. The second-order valence-electron chi connectivity index (χ2n) is 5.91. The summed E-state index contributed by atoms with van der Waals surface area (Å²) in [6.07, 6.45) is 0. The van der Waals surface area contributed by atoms with E-state index >= 15 is 0 Å². The zero-order chi connectivity index (χ0) is 19.8. The number of hydrogen-bond donors (Lipinski definition) is 2. The van der Waals surface area contributed by atoms with Gasteiger partial charge in [-0.05, 0) is 42.0 Å². The average Bonchev–Trinajstić information content (AvgIpc) is 2.74. The average molecular weight is 395 g/mol. The summed E-state index contributed by atoms with van der Waals surface area (Å²) in [5.74, 6) is 0.217. The molecule has 0 saturated heterocycles. The number of amides is 1. The van der Waals surface area contributed by atoms with Crippen LogP contribution in [0.4, 0.5) is 5.69 Å². The van der Waals surface area contributed by atoms with E-state index < -0.39 is 5.91 Å². The van der Waals surface area contributed by atoms with Crippen molar-refractivity contribution in [1.29, 1.82) is 0 Å². The summed E-state index contributed by atoms with van der Waals surface area (Å²) in [4.78, 5) is 11.9. The third-order valence-electron chi connectivity index (χ3n) is 3.79. The lowest BCUT2D eigenvalue weighted by atomic mass is 10.1. The molecule has 2 N–H and O–H groups in total. The SMILES string of the molecule is CC(=N/NC(=O)COc1ccc2ccccc2c1)/C(Cl)=N/Nc1ccccc1. The highest BCUT2D eigenvalue weighted by Crippen LogP contribution is 2.20. The summed E-state index contributed by atoms with van der Waals surface area (Å²) >= 11 is 6.07. The second-order valence-corrected chi connectivity index (χ2v) is 6.27. The molecule has 0 unspecified atom stereocenters. The Kier molecular flexibility index (Phi) is 6.59. The van der Waals surface area contributed by atoms with Crippen LogP contribution in [0.1, 0.15) is 6.92 Å². The third kappa shape index (κ3) is 5.56. The molecule has 0 aliphatic heterocycles. The van der Waals surface area contributed by atoms with Crippen molar-refractivity contribution >= 4 is 44.9 Å².